The van der Waals surface area contributed by atoms with Gasteiger partial charge in [0.1, 0.15) is 0 Å². The molecule has 0 aromatic heterocycles. The molecule has 0 amide bonds. The van der Waals surface area contributed by atoms with E-state index >= 15 is 0 Å². The quantitative estimate of drug-likeness (QED) is 0.585. The normalized spacial score (nSPS) is 27.8. The predicted molar refractivity (Wildman–Crippen MR) is 33.0 cm³/mol. The van der Waals surface area contributed by atoms with Gasteiger partial charge in [0.25, 0.3) is 0 Å². The Morgan fingerprint density at radius 2 is 2.09 bits per heavy atom. The number of likely N-dealkylation sites (tertiary alicyclic amines) is 1. The molecule has 0 N–H and O–H groups in total. The molecule has 1 heterocycles. The maximum absolute atomic E-state index is 11.6. The number of likely N-dealkylation sites (N-methyl/N-ethyl adjacent to an activating group) is 1. The molecule has 0 aromatic carbocycles. The maximum Gasteiger partial charge on any atom is 0.522 e. The summed E-state index contributed by atoms with van der Waals surface area (Å²) in [4.78, 5) is 1.82. The standard InChI is InChI=1S/C6H10F3NO/c1-10-3-2-5(4-10)11-6(7,8)9/h5H,2-4H2,1H3. The molecule has 1 aliphatic rings. The van der Waals surface area contributed by atoms with Gasteiger partial charge in [0.05, 0.1) is 6.10 Å². The Labute approximate surface area is 62.9 Å². The van der Waals surface area contributed by atoms with Gasteiger partial charge in [0.2, 0.25) is 0 Å². The van der Waals surface area contributed by atoms with Crippen LogP contribution in [0.25, 0.3) is 0 Å². The summed E-state index contributed by atoms with van der Waals surface area (Å²) in [5.41, 5.74) is 0. The second kappa shape index (κ2) is 2.98. The lowest BCUT2D eigenvalue weighted by molar-refractivity contribution is -0.340. The minimum Gasteiger partial charge on any atom is -0.304 e. The summed E-state index contributed by atoms with van der Waals surface area (Å²) in [5.74, 6) is 0. The molecule has 0 saturated carbocycles. The first-order valence-corrected chi connectivity index (χ1v) is 3.40. The van der Waals surface area contributed by atoms with Crippen molar-refractivity contribution < 1.29 is 17.9 Å². The van der Waals surface area contributed by atoms with E-state index in [1.165, 1.54) is 0 Å². The molecular formula is C6H10F3NO. The van der Waals surface area contributed by atoms with E-state index in [1.807, 2.05) is 4.90 Å². The number of halogens is 3. The largest absolute Gasteiger partial charge is 0.522 e. The van der Waals surface area contributed by atoms with Crippen LogP contribution in [0.4, 0.5) is 13.2 Å². The first-order valence-electron chi connectivity index (χ1n) is 3.40. The van der Waals surface area contributed by atoms with Crippen LogP contribution in [0.5, 0.6) is 0 Å². The molecule has 1 unspecified atom stereocenters. The van der Waals surface area contributed by atoms with Gasteiger partial charge in [-0.3, -0.25) is 4.74 Å². The van der Waals surface area contributed by atoms with E-state index in [2.05, 4.69) is 4.74 Å². The topological polar surface area (TPSA) is 12.5 Å². The first-order chi connectivity index (χ1) is 4.97. The van der Waals surface area contributed by atoms with Gasteiger partial charge in [0.15, 0.2) is 0 Å². The van der Waals surface area contributed by atoms with Crippen molar-refractivity contribution in [2.24, 2.45) is 0 Å². The fourth-order valence-electron chi connectivity index (χ4n) is 1.18. The Morgan fingerprint density at radius 1 is 1.45 bits per heavy atom. The number of nitrogens with zero attached hydrogens (tertiary/aromatic N) is 1. The first kappa shape index (κ1) is 8.80. The van der Waals surface area contributed by atoms with Crippen LogP contribution in [0.15, 0.2) is 0 Å². The minimum atomic E-state index is -4.48. The van der Waals surface area contributed by atoms with Crippen molar-refractivity contribution in [1.82, 2.24) is 4.90 Å². The van der Waals surface area contributed by atoms with E-state index in [-0.39, 0.29) is 0 Å². The number of alkyl halides is 3. The van der Waals surface area contributed by atoms with Crippen LogP contribution in [0.2, 0.25) is 0 Å². The fourth-order valence-corrected chi connectivity index (χ4v) is 1.18. The summed E-state index contributed by atoms with van der Waals surface area (Å²) in [5, 5.41) is 0. The lowest BCUT2D eigenvalue weighted by atomic mass is 10.3. The Bertz CT molecular complexity index is 136. The van der Waals surface area contributed by atoms with E-state index in [9.17, 15) is 13.2 Å². The van der Waals surface area contributed by atoms with Crippen molar-refractivity contribution in [3.63, 3.8) is 0 Å². The molecule has 0 bridgehead atoms. The highest BCUT2D eigenvalue weighted by molar-refractivity contribution is 4.73. The predicted octanol–water partition coefficient (Wildman–Crippen LogP) is 1.23. The average Bonchev–Trinajstić information content (AvgIpc) is 2.10. The third-order valence-corrected chi connectivity index (χ3v) is 1.65. The van der Waals surface area contributed by atoms with Crippen molar-refractivity contribution in [2.75, 3.05) is 20.1 Å². The van der Waals surface area contributed by atoms with Crippen LogP contribution in [0.1, 0.15) is 6.42 Å². The van der Waals surface area contributed by atoms with Crippen LogP contribution < -0.4 is 0 Å². The Hall–Kier alpha value is -0.290. The SMILES string of the molecule is CN1CCC(OC(F)(F)F)C1. The molecule has 0 aromatic rings. The molecule has 11 heavy (non-hydrogen) atoms. The zero-order chi connectivity index (χ0) is 8.48. The second-order valence-electron chi connectivity index (χ2n) is 2.74. The number of rotatable bonds is 1. The van der Waals surface area contributed by atoms with Crippen LogP contribution >= 0.6 is 0 Å². The van der Waals surface area contributed by atoms with Gasteiger partial charge >= 0.3 is 6.36 Å². The van der Waals surface area contributed by atoms with Crippen LogP contribution in [-0.2, 0) is 4.74 Å². The highest BCUT2D eigenvalue weighted by Crippen LogP contribution is 2.22. The molecule has 0 spiro atoms. The average molecular weight is 169 g/mol. The highest BCUT2D eigenvalue weighted by Gasteiger charge is 2.35. The van der Waals surface area contributed by atoms with Gasteiger partial charge < -0.3 is 4.90 Å². The lowest BCUT2D eigenvalue weighted by Gasteiger charge is -2.13. The molecule has 1 fully saturated rings. The molecular weight excluding hydrogens is 159 g/mol. The summed E-state index contributed by atoms with van der Waals surface area (Å²) in [7, 11) is 1.78. The van der Waals surface area contributed by atoms with Crippen LogP contribution in [0.3, 0.4) is 0 Å². The second-order valence-corrected chi connectivity index (χ2v) is 2.74. The van der Waals surface area contributed by atoms with Crippen molar-refractivity contribution >= 4 is 0 Å². The zero-order valence-corrected chi connectivity index (χ0v) is 6.19. The minimum absolute atomic E-state index is 0.375. The van der Waals surface area contributed by atoms with Crippen molar-refractivity contribution in [3.05, 3.63) is 0 Å². The third-order valence-electron chi connectivity index (χ3n) is 1.65. The molecule has 66 valence electrons. The van der Waals surface area contributed by atoms with Crippen molar-refractivity contribution in [1.29, 1.82) is 0 Å². The molecule has 5 heteroatoms. The maximum atomic E-state index is 11.6. The molecule has 0 radical (unpaired) electrons. The number of hydrogen-bond donors (Lipinski definition) is 0. The summed E-state index contributed by atoms with van der Waals surface area (Å²) in [6, 6.07) is 0. The van der Waals surface area contributed by atoms with Crippen LogP contribution in [0, 0.1) is 0 Å². The molecule has 0 aliphatic carbocycles. The van der Waals surface area contributed by atoms with Crippen molar-refractivity contribution in [3.8, 4) is 0 Å². The monoisotopic (exact) mass is 169 g/mol. The van der Waals surface area contributed by atoms with Gasteiger partial charge in [-0.25, -0.2) is 0 Å². The van der Waals surface area contributed by atoms with Crippen LogP contribution in [-0.4, -0.2) is 37.5 Å². The molecule has 1 atom stereocenters. The Kier molecular flexibility index (Phi) is 2.39. The Morgan fingerprint density at radius 3 is 2.45 bits per heavy atom. The van der Waals surface area contributed by atoms with E-state index < -0.39 is 12.5 Å². The third kappa shape index (κ3) is 3.07. The van der Waals surface area contributed by atoms with Gasteiger partial charge in [-0.1, -0.05) is 0 Å². The van der Waals surface area contributed by atoms with Gasteiger partial charge in [-0.2, -0.15) is 0 Å². The summed E-state index contributed by atoms with van der Waals surface area (Å²) in [6.45, 7) is 1.06. The van der Waals surface area contributed by atoms with Crippen molar-refractivity contribution in [2.45, 2.75) is 18.9 Å². The summed E-state index contributed by atoms with van der Waals surface area (Å²) < 4.78 is 38.6. The lowest BCUT2D eigenvalue weighted by Crippen LogP contribution is -2.26. The van der Waals surface area contributed by atoms with Gasteiger partial charge in [0, 0.05) is 13.1 Å². The van der Waals surface area contributed by atoms with Gasteiger partial charge in [-0.15, -0.1) is 13.2 Å². The molecule has 1 saturated heterocycles. The zero-order valence-electron chi connectivity index (χ0n) is 6.19. The smallest absolute Gasteiger partial charge is 0.304 e. The Balaban J connectivity index is 2.29. The summed E-state index contributed by atoms with van der Waals surface area (Å²) in [6.07, 6.45) is -4.67. The highest BCUT2D eigenvalue weighted by atomic mass is 19.4. The van der Waals surface area contributed by atoms with Gasteiger partial charge in [-0.05, 0) is 13.5 Å². The van der Waals surface area contributed by atoms with E-state index in [0.717, 1.165) is 0 Å². The van der Waals surface area contributed by atoms with E-state index in [1.54, 1.807) is 7.05 Å². The van der Waals surface area contributed by atoms with E-state index in [0.29, 0.717) is 19.5 Å². The molecule has 1 rings (SSSR count). The molecule has 2 nitrogen and oxygen atoms in total. The number of hydrogen-bond acceptors (Lipinski definition) is 2. The van der Waals surface area contributed by atoms with E-state index in [4.69, 9.17) is 0 Å². The fraction of sp³-hybridized carbons (Fsp3) is 1.00. The molecule has 1 aliphatic heterocycles. The number of ether oxygens (including phenoxy) is 1. The summed E-state index contributed by atoms with van der Waals surface area (Å²) >= 11 is 0.